The Hall–Kier alpha value is -2.62. The summed E-state index contributed by atoms with van der Waals surface area (Å²) in [6.07, 6.45) is 2.59. The Balaban J connectivity index is 1.92. The van der Waals surface area contributed by atoms with Crippen molar-refractivity contribution in [3.8, 4) is 5.75 Å². The van der Waals surface area contributed by atoms with Gasteiger partial charge in [-0.1, -0.05) is 25.1 Å². The number of hydrogen-bond acceptors (Lipinski definition) is 3. The molecule has 4 heteroatoms. The van der Waals surface area contributed by atoms with Gasteiger partial charge in [0.25, 0.3) is 5.91 Å². The summed E-state index contributed by atoms with van der Waals surface area (Å²) in [7, 11) is 0. The third kappa shape index (κ3) is 4.45. The predicted molar refractivity (Wildman–Crippen MR) is 88.5 cm³/mol. The first-order chi connectivity index (χ1) is 10.7. The SMILES string of the molecule is CCCOc1ccc(/C=N\NC(=O)c2ccccc2C)cc1. The summed E-state index contributed by atoms with van der Waals surface area (Å²) in [5, 5.41) is 3.99. The molecule has 2 rings (SSSR count). The number of nitrogens with zero attached hydrogens (tertiary/aromatic N) is 1. The first-order valence-corrected chi connectivity index (χ1v) is 7.32. The van der Waals surface area contributed by atoms with Crippen molar-refractivity contribution in [3.63, 3.8) is 0 Å². The monoisotopic (exact) mass is 296 g/mol. The number of ether oxygens (including phenoxy) is 1. The molecule has 0 radical (unpaired) electrons. The van der Waals surface area contributed by atoms with Gasteiger partial charge in [0.05, 0.1) is 12.8 Å². The lowest BCUT2D eigenvalue weighted by Crippen LogP contribution is -2.18. The van der Waals surface area contributed by atoms with E-state index in [1.165, 1.54) is 0 Å². The molecule has 0 aliphatic heterocycles. The van der Waals surface area contributed by atoms with Gasteiger partial charge in [-0.15, -0.1) is 0 Å². The minimum absolute atomic E-state index is 0.211. The molecule has 0 heterocycles. The number of carbonyl (C=O) groups is 1. The highest BCUT2D eigenvalue weighted by atomic mass is 16.5. The van der Waals surface area contributed by atoms with Gasteiger partial charge in [0.1, 0.15) is 5.75 Å². The number of carbonyl (C=O) groups excluding carboxylic acids is 1. The fourth-order valence-electron chi connectivity index (χ4n) is 1.92. The lowest BCUT2D eigenvalue weighted by Gasteiger charge is -2.04. The molecule has 0 saturated carbocycles. The van der Waals surface area contributed by atoms with E-state index >= 15 is 0 Å². The van der Waals surface area contributed by atoms with Gasteiger partial charge in [0.2, 0.25) is 0 Å². The van der Waals surface area contributed by atoms with Crippen molar-refractivity contribution < 1.29 is 9.53 Å². The molecular formula is C18H20N2O2. The summed E-state index contributed by atoms with van der Waals surface area (Å²) < 4.78 is 5.51. The fraction of sp³-hybridized carbons (Fsp3) is 0.222. The van der Waals surface area contributed by atoms with Gasteiger partial charge in [-0.2, -0.15) is 5.10 Å². The number of nitrogens with one attached hydrogen (secondary N) is 1. The number of amides is 1. The maximum Gasteiger partial charge on any atom is 0.271 e. The molecule has 1 amide bonds. The molecule has 0 spiro atoms. The molecule has 2 aromatic carbocycles. The van der Waals surface area contributed by atoms with Gasteiger partial charge in [-0.25, -0.2) is 5.43 Å². The van der Waals surface area contributed by atoms with Crippen molar-refractivity contribution in [2.45, 2.75) is 20.3 Å². The van der Waals surface area contributed by atoms with Crippen LogP contribution in [0.15, 0.2) is 53.6 Å². The highest BCUT2D eigenvalue weighted by Crippen LogP contribution is 2.11. The molecule has 4 nitrogen and oxygen atoms in total. The summed E-state index contributed by atoms with van der Waals surface area (Å²) in [4.78, 5) is 12.0. The van der Waals surface area contributed by atoms with Crippen molar-refractivity contribution in [1.29, 1.82) is 0 Å². The van der Waals surface area contributed by atoms with E-state index in [1.807, 2.05) is 49.4 Å². The van der Waals surface area contributed by atoms with Crippen molar-refractivity contribution in [3.05, 3.63) is 65.2 Å². The molecule has 0 aliphatic rings. The lowest BCUT2D eigenvalue weighted by atomic mass is 10.1. The molecule has 2 aromatic rings. The van der Waals surface area contributed by atoms with Gasteiger partial charge < -0.3 is 4.74 Å². The number of rotatable bonds is 6. The second-order valence-corrected chi connectivity index (χ2v) is 4.93. The number of benzene rings is 2. The first-order valence-electron chi connectivity index (χ1n) is 7.32. The van der Waals surface area contributed by atoms with Crippen LogP contribution in [-0.4, -0.2) is 18.7 Å². The van der Waals surface area contributed by atoms with Crippen molar-refractivity contribution in [2.75, 3.05) is 6.61 Å². The number of aryl methyl sites for hydroxylation is 1. The summed E-state index contributed by atoms with van der Waals surface area (Å²) in [6.45, 7) is 4.67. The van der Waals surface area contributed by atoms with Crippen LogP contribution in [0.25, 0.3) is 0 Å². The van der Waals surface area contributed by atoms with E-state index in [4.69, 9.17) is 4.74 Å². The fourth-order valence-corrected chi connectivity index (χ4v) is 1.92. The molecular weight excluding hydrogens is 276 g/mol. The average molecular weight is 296 g/mol. The van der Waals surface area contributed by atoms with E-state index in [2.05, 4.69) is 17.5 Å². The third-order valence-electron chi connectivity index (χ3n) is 3.12. The highest BCUT2D eigenvalue weighted by Gasteiger charge is 2.05. The molecule has 0 bridgehead atoms. The summed E-state index contributed by atoms with van der Waals surface area (Å²) in [5.74, 6) is 0.625. The second-order valence-electron chi connectivity index (χ2n) is 4.93. The van der Waals surface area contributed by atoms with E-state index in [1.54, 1.807) is 12.3 Å². The Morgan fingerprint density at radius 2 is 1.91 bits per heavy atom. The topological polar surface area (TPSA) is 50.7 Å². The molecule has 0 aromatic heterocycles. The van der Waals surface area contributed by atoms with Crippen LogP contribution < -0.4 is 10.2 Å². The van der Waals surface area contributed by atoms with Crippen LogP contribution in [-0.2, 0) is 0 Å². The molecule has 0 aliphatic carbocycles. The van der Waals surface area contributed by atoms with Crippen molar-refractivity contribution in [2.24, 2.45) is 5.10 Å². The van der Waals surface area contributed by atoms with Crippen LogP contribution >= 0.6 is 0 Å². The smallest absolute Gasteiger partial charge is 0.271 e. The van der Waals surface area contributed by atoms with Gasteiger partial charge in [0, 0.05) is 5.56 Å². The van der Waals surface area contributed by atoms with Crippen LogP contribution in [0.1, 0.15) is 34.8 Å². The lowest BCUT2D eigenvalue weighted by molar-refractivity contribution is 0.0954. The van der Waals surface area contributed by atoms with E-state index in [0.29, 0.717) is 12.2 Å². The zero-order chi connectivity index (χ0) is 15.8. The number of hydrazone groups is 1. The van der Waals surface area contributed by atoms with Gasteiger partial charge in [0.15, 0.2) is 0 Å². The van der Waals surface area contributed by atoms with Crippen LogP contribution in [0.4, 0.5) is 0 Å². The maximum atomic E-state index is 12.0. The summed E-state index contributed by atoms with van der Waals surface area (Å²) in [5.41, 5.74) is 4.99. The van der Waals surface area contributed by atoms with E-state index in [9.17, 15) is 4.79 Å². The molecule has 114 valence electrons. The number of hydrogen-bond donors (Lipinski definition) is 1. The minimum atomic E-state index is -0.211. The van der Waals surface area contributed by atoms with Crippen LogP contribution in [0.3, 0.4) is 0 Å². The molecule has 0 fully saturated rings. The largest absolute Gasteiger partial charge is 0.494 e. The zero-order valence-corrected chi connectivity index (χ0v) is 12.9. The van der Waals surface area contributed by atoms with E-state index in [-0.39, 0.29) is 5.91 Å². The second kappa shape index (κ2) is 7.98. The molecule has 22 heavy (non-hydrogen) atoms. The molecule has 0 atom stereocenters. The van der Waals surface area contributed by atoms with E-state index < -0.39 is 0 Å². The zero-order valence-electron chi connectivity index (χ0n) is 12.9. The third-order valence-corrected chi connectivity index (χ3v) is 3.12. The van der Waals surface area contributed by atoms with Crippen molar-refractivity contribution in [1.82, 2.24) is 5.43 Å². The standard InChI is InChI=1S/C18H20N2O2/c1-3-12-22-16-10-8-15(9-11-16)13-19-20-18(21)17-7-5-4-6-14(17)2/h4-11,13H,3,12H2,1-2H3,(H,20,21)/b19-13-. The first kappa shape index (κ1) is 15.8. The Morgan fingerprint density at radius 3 is 2.59 bits per heavy atom. The van der Waals surface area contributed by atoms with Crippen LogP contribution in [0.5, 0.6) is 5.75 Å². The Kier molecular flexibility index (Phi) is 5.72. The van der Waals surface area contributed by atoms with Crippen LogP contribution in [0.2, 0.25) is 0 Å². The van der Waals surface area contributed by atoms with E-state index in [0.717, 1.165) is 23.3 Å². The Morgan fingerprint density at radius 1 is 1.18 bits per heavy atom. The predicted octanol–water partition coefficient (Wildman–Crippen LogP) is 3.55. The average Bonchev–Trinajstić information content (AvgIpc) is 2.54. The Labute approximate surface area is 130 Å². The van der Waals surface area contributed by atoms with Crippen molar-refractivity contribution >= 4 is 12.1 Å². The Bertz CT molecular complexity index is 648. The van der Waals surface area contributed by atoms with Gasteiger partial charge >= 0.3 is 0 Å². The summed E-state index contributed by atoms with van der Waals surface area (Å²) in [6, 6.07) is 15.0. The van der Waals surface area contributed by atoms with Gasteiger partial charge in [-0.05, 0) is 54.8 Å². The summed E-state index contributed by atoms with van der Waals surface area (Å²) >= 11 is 0. The molecule has 1 N–H and O–H groups in total. The maximum absolute atomic E-state index is 12.0. The minimum Gasteiger partial charge on any atom is -0.494 e. The quantitative estimate of drug-likeness (QED) is 0.654. The van der Waals surface area contributed by atoms with Crippen LogP contribution in [0, 0.1) is 6.92 Å². The molecule has 0 unspecified atom stereocenters. The molecule has 0 saturated heterocycles. The highest BCUT2D eigenvalue weighted by molar-refractivity contribution is 5.96. The van der Waals surface area contributed by atoms with Gasteiger partial charge in [-0.3, -0.25) is 4.79 Å². The normalized spacial score (nSPS) is 10.6.